The SMILES string of the molecule is COCc1ncc(Nc2ccc(Cl)cc2)nc1-n1nc(C)cc1C. The summed E-state index contributed by atoms with van der Waals surface area (Å²) >= 11 is 5.91. The van der Waals surface area contributed by atoms with Gasteiger partial charge >= 0.3 is 0 Å². The van der Waals surface area contributed by atoms with Gasteiger partial charge in [0.05, 0.1) is 18.5 Å². The number of hydrogen-bond donors (Lipinski definition) is 1. The Kier molecular flexibility index (Phi) is 4.78. The van der Waals surface area contributed by atoms with Crippen molar-refractivity contribution in [3.05, 3.63) is 58.6 Å². The van der Waals surface area contributed by atoms with Crippen LogP contribution in [0.4, 0.5) is 11.5 Å². The summed E-state index contributed by atoms with van der Waals surface area (Å²) in [5, 5.41) is 8.40. The van der Waals surface area contributed by atoms with Gasteiger partial charge in [0.1, 0.15) is 5.69 Å². The average molecular weight is 344 g/mol. The lowest BCUT2D eigenvalue weighted by Crippen LogP contribution is -2.10. The lowest BCUT2D eigenvalue weighted by molar-refractivity contribution is 0.181. The second-order valence-corrected chi connectivity index (χ2v) is 5.87. The molecule has 1 aromatic carbocycles. The third-order valence-electron chi connectivity index (χ3n) is 3.44. The van der Waals surface area contributed by atoms with Crippen LogP contribution in [-0.2, 0) is 11.3 Å². The Hall–Kier alpha value is -2.44. The lowest BCUT2D eigenvalue weighted by Gasteiger charge is -2.12. The first kappa shape index (κ1) is 16.4. The topological polar surface area (TPSA) is 64.9 Å². The number of nitrogens with one attached hydrogen (secondary N) is 1. The fourth-order valence-electron chi connectivity index (χ4n) is 2.40. The van der Waals surface area contributed by atoms with E-state index in [1.807, 2.05) is 44.2 Å². The van der Waals surface area contributed by atoms with Gasteiger partial charge in [0.2, 0.25) is 0 Å². The van der Waals surface area contributed by atoms with Gasteiger partial charge in [0.15, 0.2) is 11.6 Å². The Morgan fingerprint density at radius 2 is 1.96 bits per heavy atom. The smallest absolute Gasteiger partial charge is 0.179 e. The fourth-order valence-corrected chi connectivity index (χ4v) is 2.52. The van der Waals surface area contributed by atoms with Crippen molar-refractivity contribution in [2.24, 2.45) is 0 Å². The van der Waals surface area contributed by atoms with E-state index in [2.05, 4.69) is 20.4 Å². The van der Waals surface area contributed by atoms with Crippen LogP contribution >= 0.6 is 11.6 Å². The number of halogens is 1. The van der Waals surface area contributed by atoms with Crippen molar-refractivity contribution in [3.8, 4) is 5.82 Å². The molecule has 0 aliphatic rings. The van der Waals surface area contributed by atoms with Crippen LogP contribution in [0.3, 0.4) is 0 Å². The molecule has 7 heteroatoms. The minimum absolute atomic E-state index is 0.363. The van der Waals surface area contributed by atoms with Gasteiger partial charge in [0.25, 0.3) is 0 Å². The molecule has 6 nitrogen and oxygen atoms in total. The van der Waals surface area contributed by atoms with Crippen molar-refractivity contribution < 1.29 is 4.74 Å². The molecule has 0 aliphatic carbocycles. The molecular formula is C17H18ClN5O. The third-order valence-corrected chi connectivity index (χ3v) is 3.69. The van der Waals surface area contributed by atoms with Crippen LogP contribution in [0, 0.1) is 13.8 Å². The summed E-state index contributed by atoms with van der Waals surface area (Å²) in [7, 11) is 1.63. The highest BCUT2D eigenvalue weighted by atomic mass is 35.5. The summed E-state index contributed by atoms with van der Waals surface area (Å²) in [5.41, 5.74) is 3.52. The van der Waals surface area contributed by atoms with E-state index < -0.39 is 0 Å². The molecule has 3 aromatic rings. The number of aromatic nitrogens is 4. The molecule has 0 bridgehead atoms. The Morgan fingerprint density at radius 3 is 2.58 bits per heavy atom. The zero-order valence-corrected chi connectivity index (χ0v) is 14.5. The molecule has 24 heavy (non-hydrogen) atoms. The van der Waals surface area contributed by atoms with Crippen LogP contribution < -0.4 is 5.32 Å². The zero-order valence-electron chi connectivity index (χ0n) is 13.7. The number of ether oxygens (including phenoxy) is 1. The van der Waals surface area contributed by atoms with Crippen LogP contribution in [0.1, 0.15) is 17.1 Å². The number of rotatable bonds is 5. The molecule has 0 saturated carbocycles. The first-order valence-corrected chi connectivity index (χ1v) is 7.85. The van der Waals surface area contributed by atoms with Gasteiger partial charge in [-0.3, -0.25) is 4.98 Å². The van der Waals surface area contributed by atoms with Crippen molar-refractivity contribution in [1.29, 1.82) is 0 Å². The van der Waals surface area contributed by atoms with Gasteiger partial charge in [-0.1, -0.05) is 11.6 Å². The quantitative estimate of drug-likeness (QED) is 0.762. The molecule has 0 saturated heterocycles. The number of anilines is 2. The predicted octanol–water partition coefficient (Wildman–Crippen LogP) is 3.82. The minimum atomic E-state index is 0.363. The summed E-state index contributed by atoms with van der Waals surface area (Å²) in [6.07, 6.45) is 1.68. The standard InChI is InChI=1S/C17H18ClN5O/c1-11-8-12(2)23(22-11)17-15(10-24-3)19-9-16(21-17)20-14-6-4-13(18)5-7-14/h4-9H,10H2,1-3H3,(H,20,21). The van der Waals surface area contributed by atoms with Crippen molar-refractivity contribution in [2.45, 2.75) is 20.5 Å². The number of nitrogens with zero attached hydrogens (tertiary/aromatic N) is 4. The number of aryl methyl sites for hydroxylation is 2. The molecule has 0 fully saturated rings. The van der Waals surface area contributed by atoms with Gasteiger partial charge in [-0.2, -0.15) is 5.10 Å². The van der Waals surface area contributed by atoms with Gasteiger partial charge in [0, 0.05) is 23.5 Å². The summed E-state index contributed by atoms with van der Waals surface area (Å²) in [4.78, 5) is 9.14. The van der Waals surface area contributed by atoms with E-state index in [0.717, 1.165) is 22.8 Å². The van der Waals surface area contributed by atoms with E-state index in [-0.39, 0.29) is 0 Å². The van der Waals surface area contributed by atoms with E-state index in [9.17, 15) is 0 Å². The average Bonchev–Trinajstić information content (AvgIpc) is 2.90. The zero-order chi connectivity index (χ0) is 17.1. The van der Waals surface area contributed by atoms with Crippen molar-refractivity contribution in [1.82, 2.24) is 19.7 Å². The van der Waals surface area contributed by atoms with E-state index >= 15 is 0 Å². The highest BCUT2D eigenvalue weighted by Gasteiger charge is 2.13. The maximum Gasteiger partial charge on any atom is 0.179 e. The van der Waals surface area contributed by atoms with Crippen LogP contribution in [0.2, 0.25) is 5.02 Å². The first-order valence-electron chi connectivity index (χ1n) is 7.48. The molecule has 0 atom stereocenters. The van der Waals surface area contributed by atoms with Crippen LogP contribution in [-0.4, -0.2) is 26.9 Å². The van der Waals surface area contributed by atoms with Crippen molar-refractivity contribution in [3.63, 3.8) is 0 Å². The maximum absolute atomic E-state index is 5.91. The van der Waals surface area contributed by atoms with Crippen molar-refractivity contribution >= 4 is 23.1 Å². The van der Waals surface area contributed by atoms with Crippen LogP contribution in [0.15, 0.2) is 36.5 Å². The predicted molar refractivity (Wildman–Crippen MR) is 94.1 cm³/mol. The largest absolute Gasteiger partial charge is 0.378 e. The molecule has 124 valence electrons. The summed E-state index contributed by atoms with van der Waals surface area (Å²) < 4.78 is 7.01. The first-order chi connectivity index (χ1) is 11.6. The third kappa shape index (κ3) is 3.55. The fraction of sp³-hybridized carbons (Fsp3) is 0.235. The molecule has 1 N–H and O–H groups in total. The molecule has 0 spiro atoms. The Balaban J connectivity index is 1.99. The van der Waals surface area contributed by atoms with Gasteiger partial charge < -0.3 is 10.1 Å². The van der Waals surface area contributed by atoms with Crippen LogP contribution in [0.5, 0.6) is 0 Å². The monoisotopic (exact) mass is 343 g/mol. The second kappa shape index (κ2) is 6.98. The normalized spacial score (nSPS) is 10.8. The molecular weight excluding hydrogens is 326 g/mol. The van der Waals surface area contributed by atoms with E-state index in [1.54, 1.807) is 18.0 Å². The molecule has 0 aliphatic heterocycles. The van der Waals surface area contributed by atoms with Crippen molar-refractivity contribution in [2.75, 3.05) is 12.4 Å². The number of benzene rings is 1. The maximum atomic E-state index is 5.91. The summed E-state index contributed by atoms with van der Waals surface area (Å²) in [6.45, 7) is 4.29. The Labute approximate surface area is 145 Å². The molecule has 0 amide bonds. The number of hydrogen-bond acceptors (Lipinski definition) is 5. The molecule has 0 radical (unpaired) electrons. The van der Waals surface area contributed by atoms with E-state index in [4.69, 9.17) is 16.3 Å². The molecule has 3 rings (SSSR count). The van der Waals surface area contributed by atoms with Gasteiger partial charge in [-0.25, -0.2) is 9.67 Å². The number of methoxy groups -OCH3 is 1. The van der Waals surface area contributed by atoms with E-state index in [1.165, 1.54) is 0 Å². The summed E-state index contributed by atoms with van der Waals surface area (Å²) in [6, 6.07) is 9.40. The molecule has 0 unspecified atom stereocenters. The highest BCUT2D eigenvalue weighted by Crippen LogP contribution is 2.20. The summed E-state index contributed by atoms with van der Waals surface area (Å²) in [5.74, 6) is 1.28. The van der Waals surface area contributed by atoms with Gasteiger partial charge in [-0.05, 0) is 44.2 Å². The Bertz CT molecular complexity index is 845. The molecule has 2 heterocycles. The Morgan fingerprint density at radius 1 is 1.21 bits per heavy atom. The van der Waals surface area contributed by atoms with Crippen LogP contribution in [0.25, 0.3) is 5.82 Å². The highest BCUT2D eigenvalue weighted by molar-refractivity contribution is 6.30. The lowest BCUT2D eigenvalue weighted by atomic mass is 10.3. The second-order valence-electron chi connectivity index (χ2n) is 5.43. The van der Waals surface area contributed by atoms with E-state index in [0.29, 0.717) is 23.3 Å². The van der Waals surface area contributed by atoms with Gasteiger partial charge in [-0.15, -0.1) is 0 Å². The molecule has 2 aromatic heterocycles. The minimum Gasteiger partial charge on any atom is -0.378 e.